The van der Waals surface area contributed by atoms with Crippen LogP contribution in [0.15, 0.2) is 35.5 Å². The van der Waals surface area contributed by atoms with E-state index in [4.69, 9.17) is 9.47 Å². The highest BCUT2D eigenvalue weighted by molar-refractivity contribution is 7.84. The zero-order valence-electron chi connectivity index (χ0n) is 11.1. The molecule has 19 heavy (non-hydrogen) atoms. The maximum Gasteiger partial charge on any atom is 0.161 e. The number of aryl methyl sites for hydroxylation is 1. The first-order valence-corrected chi connectivity index (χ1v) is 7.04. The molecule has 0 bridgehead atoms. The number of ether oxygens (including phenoxy) is 2. The molecular formula is C13H16N2O3S. The molecule has 1 heterocycles. The van der Waals surface area contributed by atoms with E-state index in [9.17, 15) is 4.21 Å². The fraction of sp³-hybridized carbons (Fsp3) is 0.308. The van der Waals surface area contributed by atoms with Crippen molar-refractivity contribution < 1.29 is 13.7 Å². The van der Waals surface area contributed by atoms with Crippen molar-refractivity contribution in [1.29, 1.82) is 0 Å². The zero-order chi connectivity index (χ0) is 13.8. The van der Waals surface area contributed by atoms with E-state index in [2.05, 4.69) is 4.98 Å². The molecule has 0 saturated heterocycles. The molecule has 0 spiro atoms. The highest BCUT2D eigenvalue weighted by Crippen LogP contribution is 2.29. The van der Waals surface area contributed by atoms with E-state index >= 15 is 0 Å². The molecule has 0 aliphatic rings. The van der Waals surface area contributed by atoms with E-state index < -0.39 is 10.8 Å². The number of hydrogen-bond acceptors (Lipinski definition) is 4. The lowest BCUT2D eigenvalue weighted by atomic mass is 10.3. The van der Waals surface area contributed by atoms with E-state index in [0.29, 0.717) is 22.1 Å². The minimum atomic E-state index is -1.16. The lowest BCUT2D eigenvalue weighted by Crippen LogP contribution is -2.03. The Morgan fingerprint density at radius 2 is 2.00 bits per heavy atom. The lowest BCUT2D eigenvalue weighted by Gasteiger charge is -2.09. The molecule has 0 aliphatic heterocycles. The average Bonchev–Trinajstić information content (AvgIpc) is 2.83. The van der Waals surface area contributed by atoms with Crippen LogP contribution in [0.2, 0.25) is 0 Å². The summed E-state index contributed by atoms with van der Waals surface area (Å²) in [6.45, 7) is 0. The van der Waals surface area contributed by atoms with Crippen LogP contribution in [0, 0.1) is 0 Å². The second-order valence-electron chi connectivity index (χ2n) is 3.96. The van der Waals surface area contributed by atoms with Gasteiger partial charge in [0, 0.05) is 30.4 Å². The van der Waals surface area contributed by atoms with Crippen molar-refractivity contribution in [1.82, 2.24) is 9.55 Å². The van der Waals surface area contributed by atoms with Gasteiger partial charge in [0.05, 0.1) is 30.8 Å². The molecule has 5 nitrogen and oxygen atoms in total. The van der Waals surface area contributed by atoms with E-state index in [0.717, 1.165) is 5.82 Å². The summed E-state index contributed by atoms with van der Waals surface area (Å²) in [5.41, 5.74) is 0. The maximum absolute atomic E-state index is 12.3. The summed E-state index contributed by atoms with van der Waals surface area (Å²) in [7, 11) is 3.85. The third-order valence-corrected chi connectivity index (χ3v) is 4.10. The Hall–Kier alpha value is -1.82. The average molecular weight is 280 g/mol. The molecule has 0 saturated carbocycles. The van der Waals surface area contributed by atoms with Crippen molar-refractivity contribution in [3.05, 3.63) is 36.4 Å². The van der Waals surface area contributed by atoms with Crippen molar-refractivity contribution in [2.75, 3.05) is 14.2 Å². The quantitative estimate of drug-likeness (QED) is 0.837. The second kappa shape index (κ2) is 5.88. The summed E-state index contributed by atoms with van der Waals surface area (Å²) in [6.07, 6.45) is 3.53. The highest BCUT2D eigenvalue weighted by Gasteiger charge is 2.12. The first-order valence-electron chi connectivity index (χ1n) is 5.72. The van der Waals surface area contributed by atoms with Crippen LogP contribution in [0.1, 0.15) is 5.82 Å². The van der Waals surface area contributed by atoms with Gasteiger partial charge in [-0.15, -0.1) is 0 Å². The van der Waals surface area contributed by atoms with Gasteiger partial charge >= 0.3 is 0 Å². The summed E-state index contributed by atoms with van der Waals surface area (Å²) in [4.78, 5) is 4.87. The van der Waals surface area contributed by atoms with Crippen LogP contribution in [-0.2, 0) is 23.6 Å². The van der Waals surface area contributed by atoms with Gasteiger partial charge < -0.3 is 14.0 Å². The molecule has 0 amide bonds. The van der Waals surface area contributed by atoms with Crippen molar-refractivity contribution >= 4 is 10.8 Å². The Balaban J connectivity index is 2.22. The standard InChI is InChI=1S/C13H16N2O3S/c1-15-7-6-14-13(15)9-19(16)10-4-5-11(17-2)12(8-10)18-3/h4-8H,9H2,1-3H3/t19-/m0/s1. The Labute approximate surface area is 114 Å². The van der Waals surface area contributed by atoms with E-state index in [1.807, 2.05) is 17.8 Å². The number of benzene rings is 1. The first-order chi connectivity index (χ1) is 9.15. The van der Waals surface area contributed by atoms with Gasteiger partial charge in [-0.25, -0.2) is 4.98 Å². The van der Waals surface area contributed by atoms with Crippen LogP contribution < -0.4 is 9.47 Å². The van der Waals surface area contributed by atoms with E-state index in [-0.39, 0.29) is 0 Å². The van der Waals surface area contributed by atoms with Gasteiger partial charge in [-0.1, -0.05) is 0 Å². The minimum Gasteiger partial charge on any atom is -0.493 e. The number of methoxy groups -OCH3 is 2. The van der Waals surface area contributed by atoms with E-state index in [1.54, 1.807) is 38.6 Å². The summed E-state index contributed by atoms with van der Waals surface area (Å²) in [5.74, 6) is 2.36. The second-order valence-corrected chi connectivity index (χ2v) is 5.41. The molecule has 0 unspecified atom stereocenters. The predicted octanol–water partition coefficient (Wildman–Crippen LogP) is 1.75. The van der Waals surface area contributed by atoms with Crippen LogP contribution >= 0.6 is 0 Å². The van der Waals surface area contributed by atoms with Gasteiger partial charge in [-0.3, -0.25) is 4.21 Å². The van der Waals surface area contributed by atoms with Crippen molar-refractivity contribution in [3.8, 4) is 11.5 Å². The SMILES string of the molecule is COc1ccc([S@@](=O)Cc2nccn2C)cc1OC. The van der Waals surface area contributed by atoms with Gasteiger partial charge in [0.2, 0.25) is 0 Å². The molecule has 102 valence electrons. The number of rotatable bonds is 5. The largest absolute Gasteiger partial charge is 0.493 e. The fourth-order valence-electron chi connectivity index (χ4n) is 1.69. The molecule has 0 aliphatic carbocycles. The first kappa shape index (κ1) is 13.6. The summed E-state index contributed by atoms with van der Waals surface area (Å²) in [6, 6.07) is 5.27. The molecule has 0 radical (unpaired) electrons. The van der Waals surface area contributed by atoms with Crippen LogP contribution in [0.5, 0.6) is 11.5 Å². The van der Waals surface area contributed by atoms with Gasteiger partial charge in [-0.05, 0) is 12.1 Å². The topological polar surface area (TPSA) is 53.3 Å². The molecule has 0 fully saturated rings. The van der Waals surface area contributed by atoms with Gasteiger partial charge in [-0.2, -0.15) is 0 Å². The molecular weight excluding hydrogens is 264 g/mol. The van der Waals surface area contributed by atoms with Crippen molar-refractivity contribution in [2.24, 2.45) is 7.05 Å². The molecule has 6 heteroatoms. The van der Waals surface area contributed by atoms with Crippen molar-refractivity contribution in [2.45, 2.75) is 10.6 Å². The van der Waals surface area contributed by atoms with Crippen LogP contribution in [0.4, 0.5) is 0 Å². The predicted molar refractivity (Wildman–Crippen MR) is 72.9 cm³/mol. The molecule has 2 aromatic rings. The van der Waals surface area contributed by atoms with Crippen LogP contribution in [0.3, 0.4) is 0 Å². The third kappa shape index (κ3) is 2.96. The molecule has 1 atom stereocenters. The van der Waals surface area contributed by atoms with Crippen molar-refractivity contribution in [3.63, 3.8) is 0 Å². The minimum absolute atomic E-state index is 0.374. The number of imidazole rings is 1. The van der Waals surface area contributed by atoms with Gasteiger partial charge in [0.25, 0.3) is 0 Å². The summed E-state index contributed by atoms with van der Waals surface area (Å²) >= 11 is 0. The Morgan fingerprint density at radius 1 is 1.26 bits per heavy atom. The Morgan fingerprint density at radius 3 is 2.58 bits per heavy atom. The maximum atomic E-state index is 12.3. The summed E-state index contributed by atoms with van der Waals surface area (Å²) < 4.78 is 24.5. The van der Waals surface area contributed by atoms with Crippen LogP contribution in [-0.4, -0.2) is 28.0 Å². The van der Waals surface area contributed by atoms with Gasteiger partial charge in [0.1, 0.15) is 5.82 Å². The van der Waals surface area contributed by atoms with Crippen LogP contribution in [0.25, 0.3) is 0 Å². The number of hydrogen-bond donors (Lipinski definition) is 0. The Bertz CT molecular complexity index is 595. The molecule has 2 rings (SSSR count). The summed E-state index contributed by atoms with van der Waals surface area (Å²) in [5, 5.41) is 0. The third-order valence-electron chi connectivity index (χ3n) is 2.80. The normalized spacial score (nSPS) is 12.2. The smallest absolute Gasteiger partial charge is 0.161 e. The fourth-order valence-corrected chi connectivity index (χ4v) is 2.83. The number of aromatic nitrogens is 2. The lowest BCUT2D eigenvalue weighted by molar-refractivity contribution is 0.354. The van der Waals surface area contributed by atoms with Gasteiger partial charge in [0.15, 0.2) is 11.5 Å². The molecule has 1 aromatic heterocycles. The zero-order valence-corrected chi connectivity index (χ0v) is 11.9. The number of nitrogens with zero attached hydrogens (tertiary/aromatic N) is 2. The van der Waals surface area contributed by atoms with E-state index in [1.165, 1.54) is 0 Å². The molecule has 1 aromatic carbocycles. The highest BCUT2D eigenvalue weighted by atomic mass is 32.2. The molecule has 0 N–H and O–H groups in total. The monoisotopic (exact) mass is 280 g/mol. The Kier molecular flexibility index (Phi) is 4.21.